The van der Waals surface area contributed by atoms with E-state index in [0.717, 1.165) is 5.56 Å². The number of fused-ring (bicyclic) bond motifs is 1. The highest BCUT2D eigenvalue weighted by Gasteiger charge is 2.33. The van der Waals surface area contributed by atoms with E-state index in [1.807, 2.05) is 20.8 Å². The summed E-state index contributed by atoms with van der Waals surface area (Å²) >= 11 is 0. The predicted molar refractivity (Wildman–Crippen MR) is 98.2 cm³/mol. The zero-order valence-electron chi connectivity index (χ0n) is 16.1. The van der Waals surface area contributed by atoms with Crippen molar-refractivity contribution in [2.75, 3.05) is 13.7 Å². The van der Waals surface area contributed by atoms with E-state index in [1.165, 1.54) is 7.11 Å². The molecule has 2 N–H and O–H groups in total. The lowest BCUT2D eigenvalue weighted by molar-refractivity contribution is -0.142. The van der Waals surface area contributed by atoms with Crippen molar-refractivity contribution in [3.63, 3.8) is 0 Å². The summed E-state index contributed by atoms with van der Waals surface area (Å²) < 4.78 is 15.9. The van der Waals surface area contributed by atoms with Crippen molar-refractivity contribution in [1.82, 2.24) is 0 Å². The van der Waals surface area contributed by atoms with Crippen LogP contribution in [0.3, 0.4) is 0 Å². The Morgan fingerprint density at radius 3 is 2.70 bits per heavy atom. The van der Waals surface area contributed by atoms with Crippen LogP contribution in [0.1, 0.15) is 47.3 Å². The van der Waals surface area contributed by atoms with Gasteiger partial charge in [-0.15, -0.1) is 0 Å². The third-order valence-electron chi connectivity index (χ3n) is 4.75. The third kappa shape index (κ3) is 3.93. The average molecular weight is 378 g/mol. The molecule has 1 aromatic carbocycles. The second kappa shape index (κ2) is 8.90. The molecule has 2 heterocycles. The predicted octanol–water partition coefficient (Wildman–Crippen LogP) is 2.99. The maximum absolute atomic E-state index is 11.9. The van der Waals surface area contributed by atoms with Gasteiger partial charge >= 0.3 is 11.9 Å². The van der Waals surface area contributed by atoms with E-state index >= 15 is 0 Å². The molecule has 0 saturated carbocycles. The van der Waals surface area contributed by atoms with E-state index in [-0.39, 0.29) is 24.3 Å². The Bertz CT molecular complexity index is 751. The molecule has 1 fully saturated rings. The van der Waals surface area contributed by atoms with Crippen molar-refractivity contribution in [1.29, 1.82) is 0 Å². The smallest absolute Gasteiger partial charge is 0.342 e. The van der Waals surface area contributed by atoms with Crippen LogP contribution >= 0.6 is 0 Å². The molecule has 0 amide bonds. The average Bonchev–Trinajstić information content (AvgIpc) is 3.28. The molecule has 27 heavy (non-hydrogen) atoms. The van der Waals surface area contributed by atoms with Crippen LogP contribution in [0.25, 0.3) is 0 Å². The minimum Gasteiger partial charge on any atom is -0.507 e. The van der Waals surface area contributed by atoms with Crippen LogP contribution in [0.5, 0.6) is 11.5 Å². The van der Waals surface area contributed by atoms with E-state index in [9.17, 15) is 19.8 Å². The number of carbonyl (C=O) groups excluding carboxylic acids is 1. The maximum Gasteiger partial charge on any atom is 0.342 e. The minimum absolute atomic E-state index is 0.121. The summed E-state index contributed by atoms with van der Waals surface area (Å²) in [6.07, 6.45) is 3.68. The molecule has 0 aliphatic carbocycles. The molecule has 2 unspecified atom stereocenters. The fraction of sp³-hybridized carbons (Fsp3) is 0.500. The Balaban J connectivity index is 0.00000126. The molecule has 1 aromatic rings. The quantitative estimate of drug-likeness (QED) is 0.600. The van der Waals surface area contributed by atoms with Crippen LogP contribution in [0.2, 0.25) is 0 Å². The fourth-order valence-corrected chi connectivity index (χ4v) is 3.41. The number of carboxylic acid groups (broad SMARTS) is 1. The lowest BCUT2D eigenvalue weighted by Crippen LogP contribution is -2.21. The summed E-state index contributed by atoms with van der Waals surface area (Å²) in [4.78, 5) is 23.0. The number of hydrogen-bond donors (Lipinski definition) is 2. The van der Waals surface area contributed by atoms with Crippen LogP contribution in [0.4, 0.5) is 0 Å². The molecule has 1 saturated heterocycles. The van der Waals surface area contributed by atoms with Crippen molar-refractivity contribution in [3.05, 3.63) is 34.4 Å². The summed E-state index contributed by atoms with van der Waals surface area (Å²) in [7, 11) is 1.50. The molecule has 2 aliphatic heterocycles. The van der Waals surface area contributed by atoms with Crippen molar-refractivity contribution in [2.45, 2.75) is 46.3 Å². The van der Waals surface area contributed by atoms with Gasteiger partial charge in [0.15, 0.2) is 0 Å². The summed E-state index contributed by atoms with van der Waals surface area (Å²) in [6.45, 7) is 6.34. The van der Waals surface area contributed by atoms with Crippen molar-refractivity contribution in [2.24, 2.45) is 5.92 Å². The number of ether oxygens (including phenoxy) is 3. The molecule has 3 rings (SSSR count). The number of benzene rings is 1. The van der Waals surface area contributed by atoms with E-state index in [4.69, 9.17) is 14.2 Å². The van der Waals surface area contributed by atoms with Crippen LogP contribution < -0.4 is 4.74 Å². The second-order valence-electron chi connectivity index (χ2n) is 6.12. The zero-order valence-corrected chi connectivity index (χ0v) is 16.1. The lowest BCUT2D eigenvalue weighted by Gasteiger charge is -2.16. The van der Waals surface area contributed by atoms with Gasteiger partial charge < -0.3 is 24.4 Å². The molecule has 0 bridgehead atoms. The highest BCUT2D eigenvalue weighted by molar-refractivity contribution is 5.98. The van der Waals surface area contributed by atoms with Gasteiger partial charge in [-0.1, -0.05) is 26.0 Å². The van der Waals surface area contributed by atoms with Gasteiger partial charge in [-0.3, -0.25) is 4.79 Å². The maximum atomic E-state index is 11.9. The summed E-state index contributed by atoms with van der Waals surface area (Å²) in [5.41, 5.74) is 2.04. The number of rotatable bonds is 5. The Kier molecular flexibility index (Phi) is 6.85. The van der Waals surface area contributed by atoms with Crippen molar-refractivity contribution >= 4 is 11.9 Å². The molecule has 0 spiro atoms. The Morgan fingerprint density at radius 2 is 2.07 bits per heavy atom. The molecule has 0 radical (unpaired) electrons. The summed E-state index contributed by atoms with van der Waals surface area (Å²) in [5.74, 6) is -1.64. The molecular weight excluding hydrogens is 352 g/mol. The van der Waals surface area contributed by atoms with Crippen molar-refractivity contribution < 1.29 is 34.0 Å². The highest BCUT2D eigenvalue weighted by atomic mass is 16.5. The second-order valence-corrected chi connectivity index (χ2v) is 6.12. The van der Waals surface area contributed by atoms with Gasteiger partial charge in [-0.05, 0) is 25.3 Å². The molecule has 2 atom stereocenters. The minimum atomic E-state index is -0.885. The number of carboxylic acids is 1. The standard InChI is InChI=1S/C18H20O7.C2H6/c1-9-12-8-25-18(22)14(12)15(19)11(16(9)23-2)4-3-5-13-10(17(20)21)6-7-24-13;1-2/h3,5,10,13,19H,4,6-8H2,1-2H3,(H,20,21);1-2H3/b5-3+;. The molecule has 7 heteroatoms. The number of cyclic esters (lactones) is 1. The first kappa shape index (κ1) is 20.8. The number of hydrogen-bond acceptors (Lipinski definition) is 6. The Morgan fingerprint density at radius 1 is 1.37 bits per heavy atom. The molecule has 2 aliphatic rings. The van der Waals surface area contributed by atoms with E-state index in [0.29, 0.717) is 29.9 Å². The summed E-state index contributed by atoms with van der Waals surface area (Å²) in [6, 6.07) is 0. The van der Waals surface area contributed by atoms with Gasteiger partial charge in [0.05, 0.1) is 19.1 Å². The normalized spacial score (nSPS) is 20.8. The number of allylic oxidation sites excluding steroid dienone is 1. The number of esters is 1. The summed E-state index contributed by atoms with van der Waals surface area (Å²) in [5, 5.41) is 19.7. The molecular formula is C20H26O7. The number of phenolic OH excluding ortho intramolecular Hbond substituents is 1. The number of carbonyl (C=O) groups is 2. The van der Waals surface area contributed by atoms with E-state index in [2.05, 4.69) is 0 Å². The molecule has 0 aromatic heterocycles. The van der Waals surface area contributed by atoms with Crippen LogP contribution in [-0.4, -0.2) is 42.0 Å². The van der Waals surface area contributed by atoms with E-state index < -0.39 is 24.0 Å². The molecule has 148 valence electrons. The largest absolute Gasteiger partial charge is 0.507 e. The van der Waals surface area contributed by atoms with Gasteiger partial charge in [0, 0.05) is 17.7 Å². The first-order valence-electron chi connectivity index (χ1n) is 9.05. The van der Waals surface area contributed by atoms with Gasteiger partial charge in [0.1, 0.15) is 23.7 Å². The highest BCUT2D eigenvalue weighted by Crippen LogP contribution is 2.41. The third-order valence-corrected chi connectivity index (χ3v) is 4.75. The van der Waals surface area contributed by atoms with E-state index in [1.54, 1.807) is 12.2 Å². The van der Waals surface area contributed by atoms with Gasteiger partial charge in [0.2, 0.25) is 0 Å². The van der Waals surface area contributed by atoms with Crippen LogP contribution in [0, 0.1) is 12.8 Å². The Hall–Kier alpha value is -2.54. The van der Waals surface area contributed by atoms with Crippen LogP contribution in [-0.2, 0) is 27.3 Å². The fourth-order valence-electron chi connectivity index (χ4n) is 3.41. The molecule has 7 nitrogen and oxygen atoms in total. The number of aliphatic carboxylic acids is 1. The van der Waals surface area contributed by atoms with Crippen LogP contribution in [0.15, 0.2) is 12.2 Å². The lowest BCUT2D eigenvalue weighted by atomic mass is 9.95. The number of phenols is 1. The van der Waals surface area contributed by atoms with Gasteiger partial charge in [0.25, 0.3) is 0 Å². The first-order chi connectivity index (χ1) is 13.0. The van der Waals surface area contributed by atoms with Crippen molar-refractivity contribution in [3.8, 4) is 11.5 Å². The monoisotopic (exact) mass is 378 g/mol. The zero-order chi connectivity index (χ0) is 20.1. The topological polar surface area (TPSA) is 102 Å². The number of aromatic hydroxyl groups is 1. The van der Waals surface area contributed by atoms with Gasteiger partial charge in [-0.2, -0.15) is 0 Å². The van der Waals surface area contributed by atoms with Gasteiger partial charge in [-0.25, -0.2) is 4.79 Å². The number of methoxy groups -OCH3 is 1. The Labute approximate surface area is 158 Å². The SMILES string of the molecule is CC.COc1c(C)c2c(c(O)c1C/C=C/C1OCCC1C(=O)O)C(=O)OC2. The first-order valence-corrected chi connectivity index (χ1v) is 9.05.